The van der Waals surface area contributed by atoms with Gasteiger partial charge in [-0.15, -0.1) is 0 Å². The Morgan fingerprint density at radius 3 is 2.88 bits per heavy atom. The molecule has 0 unspecified atom stereocenters. The third kappa shape index (κ3) is 3.73. The maximum absolute atomic E-state index is 11.2. The summed E-state index contributed by atoms with van der Waals surface area (Å²) in [6.45, 7) is 0.599. The second-order valence-corrected chi connectivity index (χ2v) is 4.28. The van der Waals surface area contributed by atoms with E-state index in [1.54, 1.807) is 11.8 Å². The van der Waals surface area contributed by atoms with Crippen LogP contribution in [0.25, 0.3) is 0 Å². The highest BCUT2D eigenvalue weighted by Gasteiger charge is 2.27. The van der Waals surface area contributed by atoms with Gasteiger partial charge in [-0.05, 0) is 6.26 Å². The van der Waals surface area contributed by atoms with Crippen LogP contribution in [0.2, 0.25) is 0 Å². The van der Waals surface area contributed by atoms with Crippen molar-refractivity contribution in [1.29, 1.82) is 0 Å². The summed E-state index contributed by atoms with van der Waals surface area (Å²) in [5.41, 5.74) is 0. The van der Waals surface area contributed by atoms with Crippen LogP contribution in [-0.4, -0.2) is 54.4 Å². The lowest BCUT2D eigenvalue weighted by Crippen LogP contribution is -2.38. The summed E-state index contributed by atoms with van der Waals surface area (Å²) < 4.78 is 0. The first-order valence-corrected chi connectivity index (χ1v) is 6.38. The number of rotatable bonds is 6. The first-order valence-electron chi connectivity index (χ1n) is 4.99. The van der Waals surface area contributed by atoms with Crippen molar-refractivity contribution in [2.75, 3.05) is 31.6 Å². The van der Waals surface area contributed by atoms with Crippen molar-refractivity contribution in [1.82, 2.24) is 15.5 Å². The Morgan fingerprint density at radius 1 is 1.56 bits per heavy atom. The number of carbonyl (C=O) groups excluding carboxylic acids is 3. The molecule has 0 aliphatic carbocycles. The van der Waals surface area contributed by atoms with Crippen LogP contribution in [-0.2, 0) is 9.59 Å². The summed E-state index contributed by atoms with van der Waals surface area (Å²) in [6.07, 6.45) is 2.39. The van der Waals surface area contributed by atoms with Crippen LogP contribution in [0.15, 0.2) is 0 Å². The maximum atomic E-state index is 11.2. The van der Waals surface area contributed by atoms with E-state index in [9.17, 15) is 14.4 Å². The summed E-state index contributed by atoms with van der Waals surface area (Å²) in [6, 6.07) is -0.386. The Morgan fingerprint density at radius 2 is 2.31 bits per heavy atom. The highest BCUT2D eigenvalue weighted by atomic mass is 32.2. The van der Waals surface area contributed by atoms with Gasteiger partial charge in [0.15, 0.2) is 0 Å². The van der Waals surface area contributed by atoms with Crippen molar-refractivity contribution < 1.29 is 14.4 Å². The maximum Gasteiger partial charge on any atom is 0.324 e. The largest absolute Gasteiger partial charge is 0.354 e. The second-order valence-electron chi connectivity index (χ2n) is 3.30. The average Bonchev–Trinajstić information content (AvgIpc) is 2.57. The molecular weight excluding hydrogens is 230 g/mol. The smallest absolute Gasteiger partial charge is 0.324 e. The molecule has 1 aliphatic heterocycles. The van der Waals surface area contributed by atoms with E-state index in [0.717, 1.165) is 10.7 Å². The lowest BCUT2D eigenvalue weighted by atomic mass is 10.4. The molecule has 0 bridgehead atoms. The molecule has 16 heavy (non-hydrogen) atoms. The normalized spacial score (nSPS) is 15.2. The number of urea groups is 1. The first kappa shape index (κ1) is 12.8. The Hall–Kier alpha value is -1.24. The standard InChI is InChI=1S/C9H15N3O3S/c1-16-5-2-7(13)10-3-4-12-8(14)6-11-9(12)15/h2-6H2,1H3,(H,10,13)(H,11,15). The van der Waals surface area contributed by atoms with Crippen molar-refractivity contribution >= 4 is 29.6 Å². The van der Waals surface area contributed by atoms with E-state index in [2.05, 4.69) is 10.6 Å². The zero-order chi connectivity index (χ0) is 12.0. The second kappa shape index (κ2) is 6.37. The van der Waals surface area contributed by atoms with Crippen LogP contribution in [0.3, 0.4) is 0 Å². The molecule has 1 saturated heterocycles. The molecule has 6 nitrogen and oxygen atoms in total. The third-order valence-corrected chi connectivity index (χ3v) is 2.74. The molecule has 0 radical (unpaired) electrons. The van der Waals surface area contributed by atoms with E-state index in [4.69, 9.17) is 0 Å². The van der Waals surface area contributed by atoms with Gasteiger partial charge in [-0.3, -0.25) is 14.5 Å². The molecule has 1 fully saturated rings. The molecule has 1 rings (SSSR count). The van der Waals surface area contributed by atoms with E-state index in [0.29, 0.717) is 13.0 Å². The van der Waals surface area contributed by atoms with E-state index in [1.165, 1.54) is 0 Å². The minimum absolute atomic E-state index is 0.0543. The predicted molar refractivity (Wildman–Crippen MR) is 61.1 cm³/mol. The molecule has 0 aromatic rings. The Bertz CT molecular complexity index is 280. The molecule has 0 aromatic carbocycles. The zero-order valence-corrected chi connectivity index (χ0v) is 9.93. The van der Waals surface area contributed by atoms with Crippen molar-refractivity contribution in [2.45, 2.75) is 6.42 Å². The molecular formula is C9H15N3O3S. The fraction of sp³-hybridized carbons (Fsp3) is 0.667. The van der Waals surface area contributed by atoms with Gasteiger partial charge in [-0.2, -0.15) is 11.8 Å². The number of amides is 4. The molecule has 0 aromatic heterocycles. The quantitative estimate of drug-likeness (QED) is 0.613. The molecule has 1 heterocycles. The van der Waals surface area contributed by atoms with Crippen molar-refractivity contribution in [3.05, 3.63) is 0 Å². The number of hydrogen-bond acceptors (Lipinski definition) is 4. The van der Waals surface area contributed by atoms with Crippen LogP contribution in [0.1, 0.15) is 6.42 Å². The van der Waals surface area contributed by atoms with Crippen LogP contribution in [0, 0.1) is 0 Å². The molecule has 0 saturated carbocycles. The third-order valence-electron chi connectivity index (χ3n) is 2.13. The molecule has 2 N–H and O–H groups in total. The molecule has 4 amide bonds. The summed E-state index contributed by atoms with van der Waals surface area (Å²) in [5, 5.41) is 5.07. The summed E-state index contributed by atoms with van der Waals surface area (Å²) >= 11 is 1.60. The Balaban J connectivity index is 2.17. The monoisotopic (exact) mass is 245 g/mol. The van der Waals surface area contributed by atoms with Crippen molar-refractivity contribution in [3.8, 4) is 0 Å². The lowest BCUT2D eigenvalue weighted by Gasteiger charge is -2.12. The minimum Gasteiger partial charge on any atom is -0.354 e. The van der Waals surface area contributed by atoms with Crippen LogP contribution in [0.4, 0.5) is 4.79 Å². The number of nitrogens with one attached hydrogen (secondary N) is 2. The molecule has 7 heteroatoms. The van der Waals surface area contributed by atoms with Crippen LogP contribution in [0.5, 0.6) is 0 Å². The number of hydrogen-bond donors (Lipinski definition) is 2. The fourth-order valence-electron chi connectivity index (χ4n) is 1.27. The highest BCUT2D eigenvalue weighted by Crippen LogP contribution is 1.98. The zero-order valence-electron chi connectivity index (χ0n) is 9.12. The van der Waals surface area contributed by atoms with E-state index < -0.39 is 0 Å². The van der Waals surface area contributed by atoms with Gasteiger partial charge in [-0.25, -0.2) is 4.79 Å². The SMILES string of the molecule is CSCCC(=O)NCCN1C(=O)CNC1=O. The lowest BCUT2D eigenvalue weighted by molar-refractivity contribution is -0.125. The van der Waals surface area contributed by atoms with Crippen LogP contribution < -0.4 is 10.6 Å². The highest BCUT2D eigenvalue weighted by molar-refractivity contribution is 7.98. The van der Waals surface area contributed by atoms with E-state index >= 15 is 0 Å². The summed E-state index contributed by atoms with van der Waals surface area (Å²) in [5.74, 6) is 0.472. The number of thioether (sulfide) groups is 1. The molecule has 1 aliphatic rings. The van der Waals surface area contributed by atoms with Gasteiger partial charge in [0.05, 0.1) is 6.54 Å². The first-order chi connectivity index (χ1) is 7.65. The van der Waals surface area contributed by atoms with Gasteiger partial charge in [0.25, 0.3) is 0 Å². The average molecular weight is 245 g/mol. The van der Waals surface area contributed by atoms with Gasteiger partial charge in [0.1, 0.15) is 0 Å². The minimum atomic E-state index is -0.386. The van der Waals surface area contributed by atoms with Gasteiger partial charge in [-0.1, -0.05) is 0 Å². The topological polar surface area (TPSA) is 78.5 Å². The molecule has 0 spiro atoms. The van der Waals surface area contributed by atoms with Crippen molar-refractivity contribution in [2.24, 2.45) is 0 Å². The van der Waals surface area contributed by atoms with Gasteiger partial charge in [0, 0.05) is 25.3 Å². The predicted octanol–water partition coefficient (Wildman–Crippen LogP) is -0.592. The Labute approximate surface area is 98.1 Å². The number of carbonyl (C=O) groups is 3. The summed E-state index contributed by atoms with van der Waals surface area (Å²) in [4.78, 5) is 34.6. The van der Waals surface area contributed by atoms with Crippen LogP contribution >= 0.6 is 11.8 Å². The fourth-order valence-corrected chi connectivity index (χ4v) is 1.66. The summed E-state index contributed by atoms with van der Waals surface area (Å²) in [7, 11) is 0. The van der Waals surface area contributed by atoms with Gasteiger partial charge < -0.3 is 10.6 Å². The van der Waals surface area contributed by atoms with Gasteiger partial charge in [0.2, 0.25) is 11.8 Å². The van der Waals surface area contributed by atoms with Crippen molar-refractivity contribution in [3.63, 3.8) is 0 Å². The molecule has 90 valence electrons. The number of imide groups is 1. The van der Waals surface area contributed by atoms with E-state index in [-0.39, 0.29) is 30.9 Å². The van der Waals surface area contributed by atoms with Gasteiger partial charge >= 0.3 is 6.03 Å². The number of nitrogens with zero attached hydrogens (tertiary/aromatic N) is 1. The molecule has 0 atom stereocenters. The Kier molecular flexibility index (Phi) is 5.10. The van der Waals surface area contributed by atoms with E-state index in [1.807, 2.05) is 6.26 Å².